The molecule has 0 bridgehead atoms. The van der Waals surface area contributed by atoms with Crippen LogP contribution in [0.25, 0.3) is 0 Å². The van der Waals surface area contributed by atoms with Crippen molar-refractivity contribution in [3.8, 4) is 0 Å². The number of amides is 3. The van der Waals surface area contributed by atoms with E-state index in [9.17, 15) is 9.59 Å². The van der Waals surface area contributed by atoms with Crippen molar-refractivity contribution in [2.75, 3.05) is 31.3 Å². The van der Waals surface area contributed by atoms with E-state index in [1.165, 1.54) is 4.90 Å². The van der Waals surface area contributed by atoms with Gasteiger partial charge in [-0.25, -0.2) is 9.69 Å². The van der Waals surface area contributed by atoms with Gasteiger partial charge in [0, 0.05) is 18.8 Å². The fourth-order valence-electron chi connectivity index (χ4n) is 3.11. The zero-order valence-electron chi connectivity index (χ0n) is 13.9. The summed E-state index contributed by atoms with van der Waals surface area (Å²) in [5.41, 5.74) is 1.89. The molecule has 6 heteroatoms. The number of nitrogens with zero attached hydrogens (tertiary/aromatic N) is 3. The van der Waals surface area contributed by atoms with Crippen LogP contribution in [0.15, 0.2) is 24.3 Å². The summed E-state index contributed by atoms with van der Waals surface area (Å²) >= 11 is 0. The van der Waals surface area contributed by atoms with Crippen LogP contribution in [0, 0.1) is 6.92 Å². The Morgan fingerprint density at radius 1 is 1.17 bits per heavy atom. The lowest BCUT2D eigenvalue weighted by atomic mass is 10.2. The molecule has 0 aliphatic carbocycles. The quantitative estimate of drug-likeness (QED) is 0.798. The van der Waals surface area contributed by atoms with Gasteiger partial charge in [-0.15, -0.1) is 0 Å². The number of morpholine rings is 1. The van der Waals surface area contributed by atoms with Crippen LogP contribution in [0.2, 0.25) is 0 Å². The third kappa shape index (κ3) is 3.09. The molecule has 2 heterocycles. The van der Waals surface area contributed by atoms with Gasteiger partial charge in [-0.3, -0.25) is 14.6 Å². The highest BCUT2D eigenvalue weighted by atomic mass is 16.5. The highest BCUT2D eigenvalue weighted by molar-refractivity contribution is 6.14. The third-order valence-corrected chi connectivity index (χ3v) is 4.43. The van der Waals surface area contributed by atoms with Crippen molar-refractivity contribution >= 4 is 17.6 Å². The van der Waals surface area contributed by atoms with E-state index in [4.69, 9.17) is 4.74 Å². The Balaban J connectivity index is 1.76. The van der Waals surface area contributed by atoms with Crippen LogP contribution in [0.5, 0.6) is 0 Å². The third-order valence-electron chi connectivity index (χ3n) is 4.43. The highest BCUT2D eigenvalue weighted by Gasteiger charge is 2.44. The summed E-state index contributed by atoms with van der Waals surface area (Å²) in [5.74, 6) is -0.144. The molecule has 23 heavy (non-hydrogen) atoms. The first-order chi connectivity index (χ1) is 11.0. The predicted molar refractivity (Wildman–Crippen MR) is 87.2 cm³/mol. The summed E-state index contributed by atoms with van der Waals surface area (Å²) in [6.45, 7) is 8.21. The van der Waals surface area contributed by atoms with Crippen molar-refractivity contribution in [1.29, 1.82) is 0 Å². The van der Waals surface area contributed by atoms with Crippen LogP contribution in [-0.4, -0.2) is 60.2 Å². The van der Waals surface area contributed by atoms with Crippen molar-refractivity contribution in [2.45, 2.75) is 32.9 Å². The number of benzene rings is 1. The maximum Gasteiger partial charge on any atom is 0.333 e. The molecule has 0 radical (unpaired) electrons. The van der Waals surface area contributed by atoms with E-state index in [1.807, 2.05) is 38.1 Å². The van der Waals surface area contributed by atoms with Gasteiger partial charge in [-0.05, 0) is 32.9 Å². The van der Waals surface area contributed by atoms with Crippen LogP contribution in [-0.2, 0) is 9.53 Å². The molecule has 0 spiro atoms. The summed E-state index contributed by atoms with van der Waals surface area (Å²) in [4.78, 5) is 30.3. The van der Waals surface area contributed by atoms with Gasteiger partial charge in [-0.2, -0.15) is 0 Å². The maximum atomic E-state index is 12.7. The summed E-state index contributed by atoms with van der Waals surface area (Å²) in [7, 11) is 0. The van der Waals surface area contributed by atoms with E-state index in [-0.39, 0.29) is 18.0 Å². The molecule has 0 unspecified atom stereocenters. The molecule has 2 saturated heterocycles. The fourth-order valence-corrected chi connectivity index (χ4v) is 3.11. The minimum Gasteiger partial charge on any atom is -0.376 e. The Morgan fingerprint density at radius 2 is 1.87 bits per heavy atom. The second kappa shape index (κ2) is 6.29. The van der Waals surface area contributed by atoms with Gasteiger partial charge in [0.15, 0.2) is 0 Å². The van der Waals surface area contributed by atoms with Crippen LogP contribution < -0.4 is 4.90 Å². The van der Waals surface area contributed by atoms with Crippen molar-refractivity contribution in [2.24, 2.45) is 0 Å². The normalized spacial score (nSPS) is 26.2. The van der Waals surface area contributed by atoms with Crippen LogP contribution in [0.3, 0.4) is 0 Å². The minimum atomic E-state index is -0.469. The molecule has 2 atom stereocenters. The van der Waals surface area contributed by atoms with Crippen LogP contribution in [0.4, 0.5) is 10.5 Å². The standard InChI is InChI=1S/C17H23N3O3/c1-12-4-6-15(7-5-12)20-14(3)16(21)19(17(20)22)11-18-8-9-23-13(2)10-18/h4-7,13-14H,8-11H2,1-3H3/t13-,14-/m1/s1. The summed E-state index contributed by atoms with van der Waals surface area (Å²) in [6.07, 6.45) is 0.127. The number of urea groups is 1. The van der Waals surface area contributed by atoms with Crippen molar-refractivity contribution in [3.05, 3.63) is 29.8 Å². The number of carbonyl (C=O) groups is 2. The van der Waals surface area contributed by atoms with Gasteiger partial charge in [-0.1, -0.05) is 17.7 Å². The second-order valence-electron chi connectivity index (χ2n) is 6.33. The topological polar surface area (TPSA) is 53.1 Å². The zero-order chi connectivity index (χ0) is 16.6. The van der Waals surface area contributed by atoms with E-state index >= 15 is 0 Å². The maximum absolute atomic E-state index is 12.7. The first-order valence-electron chi connectivity index (χ1n) is 8.02. The molecule has 1 aromatic carbocycles. The summed E-state index contributed by atoms with van der Waals surface area (Å²) in [5, 5.41) is 0. The fraction of sp³-hybridized carbons (Fsp3) is 0.529. The Kier molecular flexibility index (Phi) is 4.37. The van der Waals surface area contributed by atoms with E-state index in [0.29, 0.717) is 13.3 Å². The largest absolute Gasteiger partial charge is 0.376 e. The van der Waals surface area contributed by atoms with E-state index in [2.05, 4.69) is 4.90 Å². The first-order valence-corrected chi connectivity index (χ1v) is 8.02. The predicted octanol–water partition coefficient (Wildman–Crippen LogP) is 1.83. The van der Waals surface area contributed by atoms with Crippen molar-refractivity contribution in [3.63, 3.8) is 0 Å². The number of carbonyl (C=O) groups excluding carboxylic acids is 2. The molecule has 2 aliphatic heterocycles. The first kappa shape index (κ1) is 16.0. The lowest BCUT2D eigenvalue weighted by molar-refractivity contribution is -0.129. The van der Waals surface area contributed by atoms with E-state index in [0.717, 1.165) is 24.3 Å². The van der Waals surface area contributed by atoms with E-state index < -0.39 is 6.04 Å². The smallest absolute Gasteiger partial charge is 0.333 e. The molecule has 0 aromatic heterocycles. The van der Waals surface area contributed by atoms with Gasteiger partial charge in [0.05, 0.1) is 19.4 Å². The number of rotatable bonds is 3. The molecule has 0 N–H and O–H groups in total. The number of hydrogen-bond acceptors (Lipinski definition) is 4. The van der Waals surface area contributed by atoms with Crippen molar-refractivity contribution < 1.29 is 14.3 Å². The molecule has 3 rings (SSSR count). The zero-order valence-corrected chi connectivity index (χ0v) is 13.9. The van der Waals surface area contributed by atoms with E-state index in [1.54, 1.807) is 11.8 Å². The molecular formula is C17H23N3O3. The molecule has 2 aliphatic rings. The van der Waals surface area contributed by atoms with Gasteiger partial charge in [0.2, 0.25) is 0 Å². The Morgan fingerprint density at radius 3 is 2.52 bits per heavy atom. The average Bonchev–Trinajstić information content (AvgIpc) is 2.73. The average molecular weight is 317 g/mol. The van der Waals surface area contributed by atoms with Gasteiger partial charge < -0.3 is 4.74 Å². The van der Waals surface area contributed by atoms with Crippen LogP contribution in [0.1, 0.15) is 19.4 Å². The number of ether oxygens (including phenoxy) is 1. The molecule has 124 valence electrons. The molecule has 0 saturated carbocycles. The summed E-state index contributed by atoms with van der Waals surface area (Å²) < 4.78 is 5.51. The number of hydrogen-bond donors (Lipinski definition) is 0. The molecule has 3 amide bonds. The summed E-state index contributed by atoms with van der Waals surface area (Å²) in [6, 6.07) is 6.96. The second-order valence-corrected chi connectivity index (χ2v) is 6.33. The Labute approximate surface area is 136 Å². The Bertz CT molecular complexity index is 602. The number of anilines is 1. The van der Waals surface area contributed by atoms with Gasteiger partial charge >= 0.3 is 6.03 Å². The number of aryl methyl sites for hydroxylation is 1. The van der Waals surface area contributed by atoms with Gasteiger partial charge in [0.1, 0.15) is 6.04 Å². The van der Waals surface area contributed by atoms with Gasteiger partial charge in [0.25, 0.3) is 5.91 Å². The van der Waals surface area contributed by atoms with Crippen LogP contribution >= 0.6 is 0 Å². The van der Waals surface area contributed by atoms with Crippen molar-refractivity contribution in [1.82, 2.24) is 9.80 Å². The molecule has 2 fully saturated rings. The molecular weight excluding hydrogens is 294 g/mol. The lowest BCUT2D eigenvalue weighted by Gasteiger charge is -2.33. The molecule has 1 aromatic rings. The Hall–Kier alpha value is -1.92. The molecule has 6 nitrogen and oxygen atoms in total. The highest BCUT2D eigenvalue weighted by Crippen LogP contribution is 2.26. The minimum absolute atomic E-state index is 0.127. The number of imide groups is 1. The lowest BCUT2D eigenvalue weighted by Crippen LogP contribution is -2.48. The SMILES string of the molecule is Cc1ccc(N2C(=O)N(CN3CCO[C@H](C)C3)C(=O)[C@H]2C)cc1. The monoisotopic (exact) mass is 317 g/mol.